The topological polar surface area (TPSA) is 21.3 Å². The molecule has 0 spiro atoms. The first-order valence-electron chi connectivity index (χ1n) is 8.02. The maximum absolute atomic E-state index is 5.87. The van der Waals surface area contributed by atoms with Gasteiger partial charge in [-0.25, -0.2) is 0 Å². The molecule has 1 atom stereocenters. The maximum Gasteiger partial charge on any atom is 0.127 e. The number of allylic oxidation sites excluding steroid dienone is 1. The van der Waals surface area contributed by atoms with E-state index in [1.54, 1.807) is 0 Å². The summed E-state index contributed by atoms with van der Waals surface area (Å²) in [7, 11) is 0. The molecule has 0 heterocycles. The standard InChI is InChI=1S/C20H24ClNO/c1-4-16(3)22-14-13-15(2)17-5-9-19(10-6-17)23-20-11-7-18(21)8-12-20/h5-13,16,22H,4,14H2,1-3H3. The zero-order valence-electron chi connectivity index (χ0n) is 14.0. The molecule has 0 bridgehead atoms. The summed E-state index contributed by atoms with van der Waals surface area (Å²) in [6.45, 7) is 7.41. The Morgan fingerprint density at radius 1 is 1.09 bits per heavy atom. The van der Waals surface area contributed by atoms with Crippen LogP contribution in [0.25, 0.3) is 5.57 Å². The van der Waals surface area contributed by atoms with Crippen LogP contribution in [0.1, 0.15) is 32.8 Å². The van der Waals surface area contributed by atoms with E-state index in [2.05, 4.69) is 44.3 Å². The van der Waals surface area contributed by atoms with Crippen LogP contribution in [0.2, 0.25) is 5.02 Å². The number of halogens is 1. The minimum absolute atomic E-state index is 0.550. The van der Waals surface area contributed by atoms with Crippen molar-refractivity contribution in [2.75, 3.05) is 6.54 Å². The Morgan fingerprint density at radius 2 is 1.65 bits per heavy atom. The van der Waals surface area contributed by atoms with Crippen LogP contribution >= 0.6 is 11.6 Å². The Bertz CT molecular complexity index is 632. The molecule has 0 aliphatic rings. The lowest BCUT2D eigenvalue weighted by atomic mass is 10.1. The summed E-state index contributed by atoms with van der Waals surface area (Å²) in [6, 6.07) is 16.1. The SMILES string of the molecule is CCC(C)NCC=C(C)c1ccc(Oc2ccc(Cl)cc2)cc1. The molecular formula is C20H24ClNO. The lowest BCUT2D eigenvalue weighted by Gasteiger charge is -2.10. The van der Waals surface area contributed by atoms with Gasteiger partial charge in [-0.3, -0.25) is 0 Å². The Labute approximate surface area is 144 Å². The Balaban J connectivity index is 1.95. The van der Waals surface area contributed by atoms with Gasteiger partial charge in [-0.15, -0.1) is 0 Å². The number of rotatable bonds is 7. The highest BCUT2D eigenvalue weighted by molar-refractivity contribution is 6.30. The van der Waals surface area contributed by atoms with Crippen molar-refractivity contribution in [2.45, 2.75) is 33.2 Å². The van der Waals surface area contributed by atoms with Crippen molar-refractivity contribution in [3.05, 3.63) is 65.2 Å². The highest BCUT2D eigenvalue weighted by Gasteiger charge is 2.00. The number of hydrogen-bond acceptors (Lipinski definition) is 2. The van der Waals surface area contributed by atoms with Gasteiger partial charge < -0.3 is 10.1 Å². The monoisotopic (exact) mass is 329 g/mol. The molecular weight excluding hydrogens is 306 g/mol. The Morgan fingerprint density at radius 3 is 2.22 bits per heavy atom. The molecule has 0 aliphatic heterocycles. The molecule has 0 amide bonds. The predicted octanol–water partition coefficient (Wildman–Crippen LogP) is 5.92. The van der Waals surface area contributed by atoms with E-state index >= 15 is 0 Å². The maximum atomic E-state index is 5.87. The largest absolute Gasteiger partial charge is 0.457 e. The van der Waals surface area contributed by atoms with Crippen molar-refractivity contribution >= 4 is 17.2 Å². The second kappa shape index (κ2) is 8.76. The van der Waals surface area contributed by atoms with Crippen LogP contribution in [0.5, 0.6) is 11.5 Å². The van der Waals surface area contributed by atoms with E-state index in [0.29, 0.717) is 11.1 Å². The molecule has 2 rings (SSSR count). The molecule has 0 radical (unpaired) electrons. The molecule has 3 heteroatoms. The number of nitrogens with one attached hydrogen (secondary N) is 1. The molecule has 2 aromatic rings. The minimum atomic E-state index is 0.550. The summed E-state index contributed by atoms with van der Waals surface area (Å²) in [5.41, 5.74) is 2.47. The summed E-state index contributed by atoms with van der Waals surface area (Å²) in [5, 5.41) is 4.18. The molecule has 122 valence electrons. The molecule has 1 N–H and O–H groups in total. The highest BCUT2D eigenvalue weighted by atomic mass is 35.5. The zero-order valence-corrected chi connectivity index (χ0v) is 14.7. The summed E-state index contributed by atoms with van der Waals surface area (Å²) in [5.74, 6) is 1.61. The molecule has 0 saturated carbocycles. The van der Waals surface area contributed by atoms with Crippen molar-refractivity contribution in [3.63, 3.8) is 0 Å². The van der Waals surface area contributed by atoms with Gasteiger partial charge in [0, 0.05) is 17.6 Å². The zero-order chi connectivity index (χ0) is 16.7. The van der Waals surface area contributed by atoms with Crippen molar-refractivity contribution < 1.29 is 4.74 Å². The third-order valence-corrected chi connectivity index (χ3v) is 4.10. The third-order valence-electron chi connectivity index (χ3n) is 3.85. The van der Waals surface area contributed by atoms with Crippen LogP contribution in [-0.4, -0.2) is 12.6 Å². The summed E-state index contributed by atoms with van der Waals surface area (Å²) < 4.78 is 5.80. The number of benzene rings is 2. The molecule has 1 unspecified atom stereocenters. The van der Waals surface area contributed by atoms with Gasteiger partial charge in [0.15, 0.2) is 0 Å². The smallest absolute Gasteiger partial charge is 0.127 e. The Hall–Kier alpha value is -1.77. The van der Waals surface area contributed by atoms with Gasteiger partial charge in [0.05, 0.1) is 0 Å². The molecule has 0 aromatic heterocycles. The van der Waals surface area contributed by atoms with Crippen molar-refractivity contribution in [1.82, 2.24) is 5.32 Å². The van der Waals surface area contributed by atoms with Crippen LogP contribution in [0.4, 0.5) is 0 Å². The first-order chi connectivity index (χ1) is 11.1. The van der Waals surface area contributed by atoms with Gasteiger partial charge in [-0.1, -0.05) is 36.7 Å². The lowest BCUT2D eigenvalue weighted by Crippen LogP contribution is -2.25. The first kappa shape index (κ1) is 17.6. The second-order valence-corrected chi connectivity index (χ2v) is 6.12. The average molecular weight is 330 g/mol. The first-order valence-corrected chi connectivity index (χ1v) is 8.40. The van der Waals surface area contributed by atoms with Crippen LogP contribution in [-0.2, 0) is 0 Å². The van der Waals surface area contributed by atoms with Crippen molar-refractivity contribution in [2.24, 2.45) is 0 Å². The van der Waals surface area contributed by atoms with E-state index in [4.69, 9.17) is 16.3 Å². The highest BCUT2D eigenvalue weighted by Crippen LogP contribution is 2.24. The minimum Gasteiger partial charge on any atom is -0.457 e. The van der Waals surface area contributed by atoms with Crippen LogP contribution in [0.3, 0.4) is 0 Å². The average Bonchev–Trinajstić information content (AvgIpc) is 2.57. The summed E-state index contributed by atoms with van der Waals surface area (Å²) in [6.07, 6.45) is 3.37. The number of ether oxygens (including phenoxy) is 1. The molecule has 0 fully saturated rings. The predicted molar refractivity (Wildman–Crippen MR) is 99.4 cm³/mol. The van der Waals surface area contributed by atoms with Crippen LogP contribution < -0.4 is 10.1 Å². The fourth-order valence-corrected chi connectivity index (χ4v) is 2.23. The van der Waals surface area contributed by atoms with E-state index in [1.165, 1.54) is 11.1 Å². The van der Waals surface area contributed by atoms with Crippen LogP contribution in [0.15, 0.2) is 54.6 Å². The van der Waals surface area contributed by atoms with Crippen molar-refractivity contribution in [1.29, 1.82) is 0 Å². The quantitative estimate of drug-likeness (QED) is 0.680. The van der Waals surface area contributed by atoms with E-state index in [-0.39, 0.29) is 0 Å². The Kier molecular flexibility index (Phi) is 6.69. The van der Waals surface area contributed by atoms with Gasteiger partial charge in [0.25, 0.3) is 0 Å². The van der Waals surface area contributed by atoms with Gasteiger partial charge in [0.1, 0.15) is 11.5 Å². The third kappa shape index (κ3) is 5.74. The molecule has 23 heavy (non-hydrogen) atoms. The summed E-state index contributed by atoms with van der Waals surface area (Å²) in [4.78, 5) is 0. The van der Waals surface area contributed by atoms with Crippen LogP contribution in [0, 0.1) is 0 Å². The van der Waals surface area contributed by atoms with E-state index in [0.717, 1.165) is 24.5 Å². The van der Waals surface area contributed by atoms with E-state index in [1.807, 2.05) is 36.4 Å². The fourth-order valence-electron chi connectivity index (χ4n) is 2.10. The second-order valence-electron chi connectivity index (χ2n) is 5.69. The molecule has 0 saturated heterocycles. The van der Waals surface area contributed by atoms with Crippen molar-refractivity contribution in [3.8, 4) is 11.5 Å². The van der Waals surface area contributed by atoms with Gasteiger partial charge >= 0.3 is 0 Å². The normalized spacial score (nSPS) is 13.0. The van der Waals surface area contributed by atoms with E-state index < -0.39 is 0 Å². The molecule has 2 aromatic carbocycles. The molecule has 2 nitrogen and oxygen atoms in total. The van der Waals surface area contributed by atoms with Gasteiger partial charge in [-0.2, -0.15) is 0 Å². The molecule has 0 aliphatic carbocycles. The lowest BCUT2D eigenvalue weighted by molar-refractivity contribution is 0.482. The van der Waals surface area contributed by atoms with Gasteiger partial charge in [-0.05, 0) is 67.8 Å². The number of hydrogen-bond donors (Lipinski definition) is 1. The van der Waals surface area contributed by atoms with Gasteiger partial charge in [0.2, 0.25) is 0 Å². The van der Waals surface area contributed by atoms with E-state index in [9.17, 15) is 0 Å². The fraction of sp³-hybridized carbons (Fsp3) is 0.300. The summed E-state index contributed by atoms with van der Waals surface area (Å²) >= 11 is 5.87.